The molecular weight excluding hydrogens is 381 g/mol. The third-order valence-corrected chi connectivity index (χ3v) is 3.76. The lowest BCUT2D eigenvalue weighted by Gasteiger charge is -2.08. The van der Waals surface area contributed by atoms with Crippen LogP contribution < -0.4 is 0 Å². The molecule has 3 rings (SSSR count). The minimum Gasteiger partial charge on any atom is -0.505 e. The predicted molar refractivity (Wildman–Crippen MR) is 92.3 cm³/mol. The van der Waals surface area contributed by atoms with E-state index in [4.69, 9.17) is 11.6 Å². The van der Waals surface area contributed by atoms with E-state index >= 15 is 0 Å². The molecule has 0 aliphatic heterocycles. The van der Waals surface area contributed by atoms with E-state index in [-0.39, 0.29) is 33.2 Å². The molecule has 134 valence electrons. The topological polar surface area (TPSA) is 82.2 Å². The average molecular weight is 389 g/mol. The second-order valence-corrected chi connectivity index (χ2v) is 5.63. The van der Waals surface area contributed by atoms with E-state index in [1.165, 1.54) is 24.4 Å². The van der Waals surface area contributed by atoms with Crippen molar-refractivity contribution < 1.29 is 18.3 Å². The van der Waals surface area contributed by atoms with E-state index in [0.717, 1.165) is 18.2 Å². The maximum Gasteiger partial charge on any atom is 0.216 e. The van der Waals surface area contributed by atoms with E-state index in [1.54, 1.807) is 0 Å². The van der Waals surface area contributed by atoms with Crippen molar-refractivity contribution in [1.82, 2.24) is 9.97 Å². The number of nitrogens with zero attached hydrogens (tertiary/aromatic N) is 4. The summed E-state index contributed by atoms with van der Waals surface area (Å²) >= 11 is 5.69. The largest absolute Gasteiger partial charge is 0.505 e. The minimum atomic E-state index is -1.09. The number of benzene rings is 1. The van der Waals surface area contributed by atoms with E-state index in [1.807, 2.05) is 6.07 Å². The highest BCUT2D eigenvalue weighted by Crippen LogP contribution is 2.32. The summed E-state index contributed by atoms with van der Waals surface area (Å²) in [6.45, 7) is 0. The molecule has 0 atom stereocenters. The van der Waals surface area contributed by atoms with Crippen molar-refractivity contribution in [1.29, 1.82) is 5.26 Å². The molecular formula is C18H8ClF3N4O. The standard InChI is InChI=1S/C18H8ClF3N4O/c19-12-7-10(1-2-13(12)20)25-14(8-23)11-3-4-24-17(18(11)27)9-5-15(21)26-16(22)6-9/h1-7,27H. The molecule has 0 unspecified atom stereocenters. The number of rotatable bonds is 3. The summed E-state index contributed by atoms with van der Waals surface area (Å²) in [6, 6.07) is 8.47. The van der Waals surface area contributed by atoms with Crippen LogP contribution >= 0.6 is 11.6 Å². The van der Waals surface area contributed by atoms with Gasteiger partial charge in [0.25, 0.3) is 0 Å². The van der Waals surface area contributed by atoms with Crippen LogP contribution in [0.25, 0.3) is 11.3 Å². The Morgan fingerprint density at radius 3 is 2.44 bits per heavy atom. The highest BCUT2D eigenvalue weighted by atomic mass is 35.5. The molecule has 2 aromatic heterocycles. The molecule has 0 aliphatic rings. The molecule has 0 bridgehead atoms. The number of pyridine rings is 2. The van der Waals surface area contributed by atoms with Crippen LogP contribution in [0.2, 0.25) is 5.02 Å². The minimum absolute atomic E-state index is 0.0272. The van der Waals surface area contributed by atoms with Gasteiger partial charge in [0, 0.05) is 23.9 Å². The summed E-state index contributed by atoms with van der Waals surface area (Å²) in [5, 5.41) is 19.7. The molecule has 0 saturated carbocycles. The maximum atomic E-state index is 13.3. The van der Waals surface area contributed by atoms with Gasteiger partial charge in [0.05, 0.1) is 16.3 Å². The van der Waals surface area contributed by atoms with Crippen LogP contribution in [-0.2, 0) is 0 Å². The Balaban J connectivity index is 2.12. The van der Waals surface area contributed by atoms with Crippen LogP contribution in [-0.4, -0.2) is 20.8 Å². The van der Waals surface area contributed by atoms with Gasteiger partial charge in [-0.05, 0) is 24.3 Å². The van der Waals surface area contributed by atoms with Gasteiger partial charge in [-0.15, -0.1) is 0 Å². The second kappa shape index (κ2) is 7.43. The van der Waals surface area contributed by atoms with Crippen LogP contribution in [0.4, 0.5) is 18.9 Å². The summed E-state index contributed by atoms with van der Waals surface area (Å²) in [4.78, 5) is 10.9. The van der Waals surface area contributed by atoms with Crippen LogP contribution in [0.3, 0.4) is 0 Å². The molecule has 0 fully saturated rings. The second-order valence-electron chi connectivity index (χ2n) is 5.23. The van der Waals surface area contributed by atoms with Crippen molar-refractivity contribution >= 4 is 23.0 Å². The number of nitriles is 1. The molecule has 0 amide bonds. The number of halogens is 4. The molecule has 0 radical (unpaired) electrons. The number of aromatic nitrogens is 2. The number of aromatic hydroxyl groups is 1. The van der Waals surface area contributed by atoms with Crippen LogP contribution in [0, 0.1) is 29.0 Å². The van der Waals surface area contributed by atoms with Crippen LogP contribution in [0.5, 0.6) is 5.75 Å². The first-order valence-corrected chi connectivity index (χ1v) is 7.72. The molecule has 1 aromatic carbocycles. The summed E-state index contributed by atoms with van der Waals surface area (Å²) in [5.41, 5.74) is -0.305. The molecule has 9 heteroatoms. The van der Waals surface area contributed by atoms with Gasteiger partial charge in [-0.1, -0.05) is 11.6 Å². The normalized spacial score (nSPS) is 11.3. The molecule has 2 heterocycles. The lowest BCUT2D eigenvalue weighted by molar-refractivity contribution is 0.473. The zero-order valence-corrected chi connectivity index (χ0v) is 14.0. The molecule has 0 aliphatic carbocycles. The Labute approximate surface area is 156 Å². The zero-order chi connectivity index (χ0) is 19.6. The highest BCUT2D eigenvalue weighted by molar-refractivity contribution is 6.31. The van der Waals surface area contributed by atoms with Crippen LogP contribution in [0.15, 0.2) is 47.6 Å². The Kier molecular flexibility index (Phi) is 5.05. The summed E-state index contributed by atoms with van der Waals surface area (Å²) < 4.78 is 39.9. The molecule has 27 heavy (non-hydrogen) atoms. The van der Waals surface area contributed by atoms with Crippen molar-refractivity contribution in [3.8, 4) is 23.1 Å². The summed E-state index contributed by atoms with van der Waals surface area (Å²) in [6.07, 6.45) is 1.24. The predicted octanol–water partition coefficient (Wildman–Crippen LogP) is 4.56. The van der Waals surface area contributed by atoms with Crippen molar-refractivity contribution in [3.63, 3.8) is 0 Å². The Morgan fingerprint density at radius 1 is 1.11 bits per heavy atom. The Hall–Kier alpha value is -3.44. The van der Waals surface area contributed by atoms with Crippen LogP contribution in [0.1, 0.15) is 5.56 Å². The number of hydrogen-bond donors (Lipinski definition) is 1. The van der Waals surface area contributed by atoms with Gasteiger partial charge in [-0.2, -0.15) is 19.0 Å². The molecule has 5 nitrogen and oxygen atoms in total. The molecule has 3 aromatic rings. The van der Waals surface area contributed by atoms with Crippen molar-refractivity contribution in [2.24, 2.45) is 4.99 Å². The third kappa shape index (κ3) is 3.88. The highest BCUT2D eigenvalue weighted by Gasteiger charge is 2.17. The fourth-order valence-corrected chi connectivity index (χ4v) is 2.46. The number of aliphatic imine (C=N–C) groups is 1. The van der Waals surface area contributed by atoms with Gasteiger partial charge in [0.1, 0.15) is 17.6 Å². The number of hydrogen-bond acceptors (Lipinski definition) is 5. The van der Waals surface area contributed by atoms with Crippen molar-refractivity contribution in [3.05, 3.63) is 70.9 Å². The van der Waals surface area contributed by atoms with E-state index in [0.29, 0.717) is 0 Å². The van der Waals surface area contributed by atoms with Gasteiger partial charge in [0.2, 0.25) is 11.9 Å². The van der Waals surface area contributed by atoms with Gasteiger partial charge in [-0.25, -0.2) is 9.38 Å². The molecule has 0 spiro atoms. The smallest absolute Gasteiger partial charge is 0.216 e. The fourth-order valence-electron chi connectivity index (χ4n) is 2.29. The monoisotopic (exact) mass is 388 g/mol. The summed E-state index contributed by atoms with van der Waals surface area (Å²) in [7, 11) is 0. The van der Waals surface area contributed by atoms with Gasteiger partial charge < -0.3 is 5.11 Å². The van der Waals surface area contributed by atoms with Crippen molar-refractivity contribution in [2.75, 3.05) is 0 Å². The first-order chi connectivity index (χ1) is 12.9. The van der Waals surface area contributed by atoms with E-state index in [9.17, 15) is 23.5 Å². The maximum absolute atomic E-state index is 13.3. The Bertz CT molecular complexity index is 1090. The van der Waals surface area contributed by atoms with Gasteiger partial charge in [-0.3, -0.25) is 4.98 Å². The molecule has 0 saturated heterocycles. The summed E-state index contributed by atoms with van der Waals surface area (Å²) in [5.74, 6) is -3.33. The average Bonchev–Trinajstić information content (AvgIpc) is 2.62. The first-order valence-electron chi connectivity index (χ1n) is 7.34. The van der Waals surface area contributed by atoms with Crippen molar-refractivity contribution in [2.45, 2.75) is 0 Å². The SMILES string of the molecule is N#CC(=Nc1ccc(F)c(Cl)c1)c1ccnc(-c2cc(F)nc(F)c2)c1O. The lowest BCUT2D eigenvalue weighted by atomic mass is 10.1. The fraction of sp³-hybridized carbons (Fsp3) is 0. The molecule has 1 N–H and O–H groups in total. The van der Waals surface area contributed by atoms with Gasteiger partial charge >= 0.3 is 0 Å². The first kappa shape index (κ1) is 18.4. The van der Waals surface area contributed by atoms with E-state index < -0.39 is 23.5 Å². The lowest BCUT2D eigenvalue weighted by Crippen LogP contribution is -2.00. The quantitative estimate of drug-likeness (QED) is 0.526. The third-order valence-electron chi connectivity index (χ3n) is 3.47. The van der Waals surface area contributed by atoms with Gasteiger partial charge in [0.15, 0.2) is 11.5 Å². The van der Waals surface area contributed by atoms with E-state index in [2.05, 4.69) is 15.0 Å². The zero-order valence-electron chi connectivity index (χ0n) is 13.3. The Morgan fingerprint density at radius 2 is 1.81 bits per heavy atom.